The lowest BCUT2D eigenvalue weighted by Gasteiger charge is -2.09. The van der Waals surface area contributed by atoms with E-state index < -0.39 is 10.0 Å². The van der Waals surface area contributed by atoms with E-state index in [1.165, 1.54) is 24.3 Å². The van der Waals surface area contributed by atoms with Gasteiger partial charge in [0.05, 0.1) is 16.3 Å². The van der Waals surface area contributed by atoms with Crippen LogP contribution in [-0.4, -0.2) is 17.8 Å². The molecule has 3 rings (SSSR count). The Hall–Kier alpha value is -2.05. The number of anilines is 1. The quantitative estimate of drug-likeness (QED) is 0.806. The summed E-state index contributed by atoms with van der Waals surface area (Å²) >= 11 is 5.77. The summed E-state index contributed by atoms with van der Waals surface area (Å²) < 4.78 is 29.1. The lowest BCUT2D eigenvalue weighted by atomic mass is 10.4. The first-order valence-electron chi connectivity index (χ1n) is 6.18. The average molecular weight is 322 g/mol. The normalized spacial score (nSPS) is 11.7. The van der Waals surface area contributed by atoms with Crippen molar-refractivity contribution in [3.8, 4) is 0 Å². The maximum atomic E-state index is 12.4. The number of nitrogens with zero attached hydrogens (tertiary/aromatic N) is 2. The molecule has 5 nitrogen and oxygen atoms in total. The van der Waals surface area contributed by atoms with Crippen LogP contribution in [0.15, 0.2) is 53.7 Å². The number of sulfonamides is 1. The minimum Gasteiger partial charge on any atom is -0.305 e. The van der Waals surface area contributed by atoms with E-state index in [-0.39, 0.29) is 4.90 Å². The second kappa shape index (κ2) is 5.05. The Balaban J connectivity index is 2.03. The van der Waals surface area contributed by atoms with Gasteiger partial charge in [0, 0.05) is 17.4 Å². The predicted octanol–water partition coefficient (Wildman–Crippen LogP) is 3.10. The van der Waals surface area contributed by atoms with E-state index in [1.54, 1.807) is 16.5 Å². The van der Waals surface area contributed by atoms with Crippen molar-refractivity contribution in [1.29, 1.82) is 0 Å². The Morgan fingerprint density at radius 3 is 2.62 bits per heavy atom. The highest BCUT2D eigenvalue weighted by Crippen LogP contribution is 2.21. The van der Waals surface area contributed by atoms with E-state index >= 15 is 0 Å². The maximum Gasteiger partial charge on any atom is 0.262 e. The van der Waals surface area contributed by atoms with Crippen molar-refractivity contribution in [2.45, 2.75) is 11.8 Å². The van der Waals surface area contributed by atoms with Gasteiger partial charge in [-0.25, -0.2) is 13.4 Å². The monoisotopic (exact) mass is 321 g/mol. The molecule has 0 saturated heterocycles. The summed E-state index contributed by atoms with van der Waals surface area (Å²) in [6.07, 6.45) is 3.64. The van der Waals surface area contributed by atoms with Gasteiger partial charge in [-0.1, -0.05) is 11.6 Å². The third-order valence-corrected chi connectivity index (χ3v) is 4.60. The summed E-state index contributed by atoms with van der Waals surface area (Å²) in [5.74, 6) is 0. The lowest BCUT2D eigenvalue weighted by molar-refractivity contribution is 0.601. The zero-order valence-corrected chi connectivity index (χ0v) is 12.7. The third-order valence-electron chi connectivity index (χ3n) is 2.97. The molecule has 0 amide bonds. The number of imidazole rings is 1. The molecule has 0 atom stereocenters. The van der Waals surface area contributed by atoms with Crippen LogP contribution in [0.4, 0.5) is 5.69 Å². The largest absolute Gasteiger partial charge is 0.305 e. The Morgan fingerprint density at radius 2 is 1.90 bits per heavy atom. The fraction of sp³-hybridized carbons (Fsp3) is 0.0714. The SMILES string of the molecule is Cc1cn2cccc(NS(=O)(=O)c3ccc(Cl)cc3)c2n1. The molecule has 2 heterocycles. The molecule has 2 aromatic heterocycles. The number of hydrogen-bond acceptors (Lipinski definition) is 3. The van der Waals surface area contributed by atoms with E-state index in [1.807, 2.05) is 19.3 Å². The fourth-order valence-corrected chi connectivity index (χ4v) is 3.22. The highest BCUT2D eigenvalue weighted by molar-refractivity contribution is 7.92. The van der Waals surface area contributed by atoms with Crippen LogP contribution in [0.2, 0.25) is 5.02 Å². The zero-order valence-electron chi connectivity index (χ0n) is 11.1. The van der Waals surface area contributed by atoms with Crippen molar-refractivity contribution in [3.05, 3.63) is 59.5 Å². The molecule has 0 fully saturated rings. The highest BCUT2D eigenvalue weighted by Gasteiger charge is 2.16. The van der Waals surface area contributed by atoms with E-state index in [4.69, 9.17) is 11.6 Å². The van der Waals surface area contributed by atoms with Crippen molar-refractivity contribution in [1.82, 2.24) is 9.38 Å². The molecule has 0 saturated carbocycles. The molecule has 0 unspecified atom stereocenters. The Morgan fingerprint density at radius 1 is 1.19 bits per heavy atom. The molecule has 0 spiro atoms. The van der Waals surface area contributed by atoms with Gasteiger partial charge in [0.2, 0.25) is 0 Å². The fourth-order valence-electron chi connectivity index (χ4n) is 2.03. The minimum atomic E-state index is -3.67. The first-order chi connectivity index (χ1) is 9.95. The topological polar surface area (TPSA) is 63.5 Å². The molecule has 0 aliphatic heterocycles. The number of benzene rings is 1. The van der Waals surface area contributed by atoms with Crippen molar-refractivity contribution in [2.24, 2.45) is 0 Å². The smallest absolute Gasteiger partial charge is 0.262 e. The van der Waals surface area contributed by atoms with Crippen LogP contribution < -0.4 is 4.72 Å². The van der Waals surface area contributed by atoms with Crippen LogP contribution in [-0.2, 0) is 10.0 Å². The lowest BCUT2D eigenvalue weighted by Crippen LogP contribution is -2.13. The van der Waals surface area contributed by atoms with Gasteiger partial charge in [0.25, 0.3) is 10.0 Å². The first-order valence-corrected chi connectivity index (χ1v) is 8.04. The van der Waals surface area contributed by atoms with Gasteiger partial charge in [-0.2, -0.15) is 0 Å². The van der Waals surface area contributed by atoms with Gasteiger partial charge >= 0.3 is 0 Å². The summed E-state index contributed by atoms with van der Waals surface area (Å²) in [6, 6.07) is 9.43. The molecular weight excluding hydrogens is 310 g/mol. The summed E-state index contributed by atoms with van der Waals surface area (Å²) in [5, 5.41) is 0.486. The van der Waals surface area contributed by atoms with Crippen LogP contribution in [0.3, 0.4) is 0 Å². The molecule has 0 aliphatic rings. The molecule has 1 N–H and O–H groups in total. The van der Waals surface area contributed by atoms with Gasteiger partial charge in [-0.3, -0.25) is 4.72 Å². The van der Waals surface area contributed by atoms with Crippen LogP contribution >= 0.6 is 11.6 Å². The third kappa shape index (κ3) is 2.72. The number of nitrogens with one attached hydrogen (secondary N) is 1. The van der Waals surface area contributed by atoms with Gasteiger partial charge in [0.1, 0.15) is 0 Å². The van der Waals surface area contributed by atoms with Crippen molar-refractivity contribution in [3.63, 3.8) is 0 Å². The van der Waals surface area contributed by atoms with Crippen molar-refractivity contribution in [2.75, 3.05) is 4.72 Å². The van der Waals surface area contributed by atoms with Gasteiger partial charge in [-0.15, -0.1) is 0 Å². The Labute approximate surface area is 127 Å². The number of fused-ring (bicyclic) bond motifs is 1. The van der Waals surface area contributed by atoms with Crippen LogP contribution in [0.25, 0.3) is 5.65 Å². The molecule has 0 bridgehead atoms. The number of rotatable bonds is 3. The van der Waals surface area contributed by atoms with Gasteiger partial charge in [0.15, 0.2) is 5.65 Å². The van der Waals surface area contributed by atoms with Crippen LogP contribution in [0.5, 0.6) is 0 Å². The summed E-state index contributed by atoms with van der Waals surface area (Å²) in [4.78, 5) is 4.47. The molecule has 3 aromatic rings. The number of halogens is 1. The maximum absolute atomic E-state index is 12.4. The molecule has 0 radical (unpaired) electrons. The number of aromatic nitrogens is 2. The van der Waals surface area contributed by atoms with Crippen LogP contribution in [0.1, 0.15) is 5.69 Å². The number of hydrogen-bond donors (Lipinski definition) is 1. The van der Waals surface area contributed by atoms with Crippen molar-refractivity contribution < 1.29 is 8.42 Å². The van der Waals surface area contributed by atoms with E-state index in [2.05, 4.69) is 9.71 Å². The van der Waals surface area contributed by atoms with E-state index in [0.717, 1.165) is 5.69 Å². The molecule has 21 heavy (non-hydrogen) atoms. The second-order valence-corrected chi connectivity index (χ2v) is 6.71. The predicted molar refractivity (Wildman–Crippen MR) is 82.2 cm³/mol. The summed E-state index contributed by atoms with van der Waals surface area (Å²) in [6.45, 7) is 1.85. The molecule has 0 aliphatic carbocycles. The summed E-state index contributed by atoms with van der Waals surface area (Å²) in [7, 11) is -3.67. The van der Waals surface area contributed by atoms with E-state index in [9.17, 15) is 8.42 Å². The summed E-state index contributed by atoms with van der Waals surface area (Å²) in [5.41, 5.74) is 1.81. The Kier molecular flexibility index (Phi) is 3.35. The first kappa shape index (κ1) is 13.9. The second-order valence-electron chi connectivity index (χ2n) is 4.59. The number of pyridine rings is 1. The Bertz CT molecular complexity index is 902. The number of aryl methyl sites for hydroxylation is 1. The van der Waals surface area contributed by atoms with Gasteiger partial charge in [-0.05, 0) is 43.3 Å². The molecular formula is C14H12ClN3O2S. The molecule has 7 heteroatoms. The van der Waals surface area contributed by atoms with Crippen molar-refractivity contribution >= 4 is 33.0 Å². The molecule has 108 valence electrons. The zero-order chi connectivity index (χ0) is 15.0. The molecule has 1 aromatic carbocycles. The van der Waals surface area contributed by atoms with Gasteiger partial charge < -0.3 is 4.40 Å². The van der Waals surface area contributed by atoms with Crippen LogP contribution in [0, 0.1) is 6.92 Å². The highest BCUT2D eigenvalue weighted by atomic mass is 35.5. The van der Waals surface area contributed by atoms with E-state index in [0.29, 0.717) is 16.4 Å². The minimum absolute atomic E-state index is 0.150. The standard InChI is InChI=1S/C14H12ClN3O2S/c1-10-9-18-8-2-3-13(14(18)16-10)17-21(19,20)12-6-4-11(15)5-7-12/h2-9,17H,1H3. The average Bonchev–Trinajstić information content (AvgIpc) is 2.80.